The zero-order valence-corrected chi connectivity index (χ0v) is 20.6. The summed E-state index contributed by atoms with van der Waals surface area (Å²) in [7, 11) is 0. The molecule has 4 aromatic rings. The number of carbonyl (C=O) groups is 2. The second-order valence-corrected chi connectivity index (χ2v) is 10.2. The third-order valence-electron chi connectivity index (χ3n) is 7.29. The van der Waals surface area contributed by atoms with E-state index in [0.717, 1.165) is 17.4 Å². The van der Waals surface area contributed by atoms with E-state index in [9.17, 15) is 19.2 Å². The van der Waals surface area contributed by atoms with Crippen molar-refractivity contribution in [3.63, 3.8) is 0 Å². The molecule has 0 bridgehead atoms. The molecule has 1 unspecified atom stereocenters. The Labute approximate surface area is 217 Å². The highest BCUT2D eigenvalue weighted by Gasteiger charge is 2.38. The van der Waals surface area contributed by atoms with Crippen LogP contribution in [0.5, 0.6) is 0 Å². The lowest BCUT2D eigenvalue weighted by molar-refractivity contribution is -0.128. The first kappa shape index (κ1) is 24.0. The minimum absolute atomic E-state index is 0.0316. The monoisotopic (exact) mass is 536 g/mol. The molecule has 0 spiro atoms. The Morgan fingerprint density at radius 3 is 2.71 bits per heavy atom. The molecule has 192 valence electrons. The molecular formula is C26H19F3N6O2S. The van der Waals surface area contributed by atoms with Crippen LogP contribution in [-0.4, -0.2) is 57.1 Å². The normalized spacial score (nSPS) is 17.3. The summed E-state index contributed by atoms with van der Waals surface area (Å²) in [6.07, 6.45) is 2.98. The van der Waals surface area contributed by atoms with Crippen molar-refractivity contribution in [2.45, 2.75) is 19.0 Å². The Balaban J connectivity index is 1.58. The molecular weight excluding hydrogens is 517 g/mol. The largest absolute Gasteiger partial charge is 0.389 e. The van der Waals surface area contributed by atoms with E-state index in [1.807, 2.05) is 6.07 Å². The van der Waals surface area contributed by atoms with Gasteiger partial charge in [-0.25, -0.2) is 13.2 Å². The van der Waals surface area contributed by atoms with Crippen LogP contribution in [0.15, 0.2) is 31.0 Å². The fourth-order valence-corrected chi connectivity index (χ4v) is 6.47. The lowest BCUT2D eigenvalue weighted by Gasteiger charge is -2.42. The molecule has 2 N–H and O–H groups in total. The van der Waals surface area contributed by atoms with Crippen LogP contribution in [0.3, 0.4) is 0 Å². The van der Waals surface area contributed by atoms with Crippen LogP contribution < -0.4 is 5.73 Å². The van der Waals surface area contributed by atoms with E-state index in [1.165, 1.54) is 27.9 Å². The van der Waals surface area contributed by atoms with Crippen molar-refractivity contribution < 1.29 is 22.8 Å². The summed E-state index contributed by atoms with van der Waals surface area (Å²) in [4.78, 5) is 28.9. The van der Waals surface area contributed by atoms with E-state index in [2.05, 4.69) is 11.7 Å². The molecule has 2 aliphatic rings. The highest BCUT2D eigenvalue weighted by atomic mass is 32.1. The molecule has 38 heavy (non-hydrogen) atoms. The first-order valence-electron chi connectivity index (χ1n) is 11.8. The number of aromatic nitrogens is 2. The van der Waals surface area contributed by atoms with E-state index in [4.69, 9.17) is 5.73 Å². The summed E-state index contributed by atoms with van der Waals surface area (Å²) in [5.41, 5.74) is 5.43. The highest BCUT2D eigenvalue weighted by Crippen LogP contribution is 2.45. The number of rotatable bonds is 2. The van der Waals surface area contributed by atoms with Crippen LogP contribution >= 0.6 is 11.3 Å². The van der Waals surface area contributed by atoms with E-state index in [1.54, 1.807) is 4.90 Å². The van der Waals surface area contributed by atoms with Crippen LogP contribution in [0.1, 0.15) is 22.3 Å². The molecule has 6 rings (SSSR count). The number of benzene rings is 2. The fourth-order valence-electron chi connectivity index (χ4n) is 5.52. The molecule has 2 aliphatic heterocycles. The molecule has 2 aromatic carbocycles. The molecule has 4 heterocycles. The van der Waals surface area contributed by atoms with Crippen molar-refractivity contribution >= 4 is 49.1 Å². The predicted octanol–water partition coefficient (Wildman–Crippen LogP) is 4.03. The van der Waals surface area contributed by atoms with Gasteiger partial charge in [-0.2, -0.15) is 10.4 Å². The van der Waals surface area contributed by atoms with Crippen molar-refractivity contribution in [2.24, 2.45) is 0 Å². The lowest BCUT2D eigenvalue weighted by Crippen LogP contribution is -2.57. The van der Waals surface area contributed by atoms with Crippen LogP contribution in [0, 0.1) is 28.8 Å². The third kappa shape index (κ3) is 3.24. The average Bonchev–Trinajstić information content (AvgIpc) is 3.48. The summed E-state index contributed by atoms with van der Waals surface area (Å²) >= 11 is 0.849. The predicted molar refractivity (Wildman–Crippen MR) is 136 cm³/mol. The maximum atomic E-state index is 16.0. The fraction of sp³-hybridized carbons (Fsp3) is 0.231. The van der Waals surface area contributed by atoms with Crippen molar-refractivity contribution in [1.29, 1.82) is 5.26 Å². The van der Waals surface area contributed by atoms with Gasteiger partial charge >= 0.3 is 0 Å². The number of nitrogens with zero attached hydrogens (tertiary/aromatic N) is 5. The number of nitriles is 1. The Hall–Kier alpha value is -4.37. The van der Waals surface area contributed by atoms with E-state index in [0.29, 0.717) is 6.42 Å². The number of anilines is 1. The number of hydrogen-bond acceptors (Lipinski definition) is 6. The van der Waals surface area contributed by atoms with E-state index in [-0.39, 0.29) is 74.8 Å². The smallest absolute Gasteiger partial charge is 0.259 e. The number of aryl methyl sites for hydroxylation is 1. The number of nitrogens with two attached hydrogens (primary N) is 1. The standard InChI is InChI=1S/C26H19F3N6O2S/c1-2-17(36)33-7-8-34-12(11-33)5-6-35-23-15(10-32-35)18(21(28)22(29)20(23)26(34)37)13-3-4-16(27)24-19(13)14(9-30)25(31)38-24/h2-4,10,12H,1,5-8,11,31H2. The topological polar surface area (TPSA) is 108 Å². The molecule has 2 amide bonds. The van der Waals surface area contributed by atoms with Crippen molar-refractivity contribution in [3.05, 3.63) is 59.6 Å². The lowest BCUT2D eigenvalue weighted by atomic mass is 9.93. The van der Waals surface area contributed by atoms with Crippen LogP contribution in [0.25, 0.3) is 32.1 Å². The number of amides is 2. The maximum Gasteiger partial charge on any atom is 0.259 e. The molecule has 0 aliphatic carbocycles. The van der Waals surface area contributed by atoms with Gasteiger partial charge in [0, 0.05) is 42.5 Å². The molecule has 1 saturated heterocycles. The number of hydrogen-bond donors (Lipinski definition) is 1. The van der Waals surface area contributed by atoms with Crippen molar-refractivity contribution in [2.75, 3.05) is 25.4 Å². The van der Waals surface area contributed by atoms with Gasteiger partial charge < -0.3 is 15.5 Å². The van der Waals surface area contributed by atoms with Gasteiger partial charge in [0.1, 0.15) is 22.5 Å². The summed E-state index contributed by atoms with van der Waals surface area (Å²) in [6.45, 7) is 4.41. The maximum absolute atomic E-state index is 16.0. The Morgan fingerprint density at radius 1 is 1.21 bits per heavy atom. The van der Waals surface area contributed by atoms with Crippen molar-refractivity contribution in [3.8, 4) is 17.2 Å². The zero-order valence-electron chi connectivity index (χ0n) is 19.8. The van der Waals surface area contributed by atoms with Gasteiger partial charge in [-0.3, -0.25) is 14.3 Å². The Kier molecular flexibility index (Phi) is 5.43. The molecule has 0 radical (unpaired) electrons. The van der Waals surface area contributed by atoms with Gasteiger partial charge in [-0.15, -0.1) is 11.3 Å². The average molecular weight is 537 g/mol. The summed E-state index contributed by atoms with van der Waals surface area (Å²) in [5.74, 6) is -4.27. The highest BCUT2D eigenvalue weighted by molar-refractivity contribution is 7.23. The number of thiophene rings is 1. The minimum atomic E-state index is -1.36. The second kappa shape index (κ2) is 8.59. The van der Waals surface area contributed by atoms with Crippen LogP contribution in [-0.2, 0) is 11.3 Å². The first-order valence-corrected chi connectivity index (χ1v) is 12.6. The van der Waals surface area contributed by atoms with Gasteiger partial charge in [0.05, 0.1) is 28.0 Å². The molecule has 12 heteroatoms. The number of halogens is 3. The number of piperazine rings is 1. The number of nitrogen functional groups attached to an aromatic ring is 1. The van der Waals surface area contributed by atoms with E-state index >= 15 is 8.78 Å². The number of carbonyl (C=O) groups excluding carboxylic acids is 2. The molecule has 1 atom stereocenters. The zero-order chi connectivity index (χ0) is 26.9. The third-order valence-corrected chi connectivity index (χ3v) is 8.32. The molecule has 1 fully saturated rings. The molecule has 0 saturated carbocycles. The van der Waals surface area contributed by atoms with Gasteiger partial charge in [-0.05, 0) is 24.1 Å². The first-order chi connectivity index (χ1) is 18.3. The van der Waals surface area contributed by atoms with Gasteiger partial charge in [0.15, 0.2) is 11.6 Å². The van der Waals surface area contributed by atoms with Gasteiger partial charge in [0.2, 0.25) is 5.91 Å². The van der Waals surface area contributed by atoms with Crippen LogP contribution in [0.4, 0.5) is 18.2 Å². The van der Waals surface area contributed by atoms with Gasteiger partial charge in [-0.1, -0.05) is 12.6 Å². The Bertz CT molecular complexity index is 1750. The van der Waals surface area contributed by atoms with Crippen LogP contribution in [0.2, 0.25) is 0 Å². The summed E-state index contributed by atoms with van der Waals surface area (Å²) in [5, 5.41) is 14.3. The molecule has 2 aromatic heterocycles. The summed E-state index contributed by atoms with van der Waals surface area (Å²) in [6, 6.07) is 3.90. The summed E-state index contributed by atoms with van der Waals surface area (Å²) < 4.78 is 48.0. The quantitative estimate of drug-likeness (QED) is 0.389. The second-order valence-electron chi connectivity index (χ2n) is 9.19. The number of fused-ring (bicyclic) bond motifs is 2. The van der Waals surface area contributed by atoms with Gasteiger partial charge in [0.25, 0.3) is 5.91 Å². The SMILES string of the molecule is C=CC(=O)N1CCN2C(=O)c3c(F)c(F)c(-c4ccc(F)c5sc(N)c(C#N)c45)c4cnn(c34)CCC2C1. The molecule has 8 nitrogen and oxygen atoms in total. The Morgan fingerprint density at radius 2 is 1.97 bits per heavy atom. The van der Waals surface area contributed by atoms with Crippen molar-refractivity contribution in [1.82, 2.24) is 19.6 Å². The minimum Gasteiger partial charge on any atom is -0.389 e. The van der Waals surface area contributed by atoms with E-state index < -0.39 is 35.0 Å².